The second kappa shape index (κ2) is 10.7. The first-order chi connectivity index (χ1) is 13.1. The Bertz CT molecular complexity index is 747. The second-order valence-corrected chi connectivity index (χ2v) is 6.24. The van der Waals surface area contributed by atoms with Crippen molar-refractivity contribution >= 4 is 23.2 Å². The van der Waals surface area contributed by atoms with Gasteiger partial charge >= 0.3 is 0 Å². The summed E-state index contributed by atoms with van der Waals surface area (Å²) in [5.74, 6) is 1.43. The van der Waals surface area contributed by atoms with E-state index in [1.807, 2.05) is 26.0 Å². The maximum absolute atomic E-state index is 12.6. The summed E-state index contributed by atoms with van der Waals surface area (Å²) in [6.45, 7) is 7.47. The Kier molecular flexibility index (Phi) is 8.27. The van der Waals surface area contributed by atoms with Gasteiger partial charge in [-0.2, -0.15) is 0 Å². The van der Waals surface area contributed by atoms with Gasteiger partial charge in [0.2, 0.25) is 0 Å². The van der Waals surface area contributed by atoms with Crippen molar-refractivity contribution in [3.05, 3.63) is 47.0 Å². The van der Waals surface area contributed by atoms with E-state index in [0.717, 1.165) is 18.6 Å². The van der Waals surface area contributed by atoms with E-state index >= 15 is 0 Å². The summed E-state index contributed by atoms with van der Waals surface area (Å²) in [5.41, 5.74) is 1.07. The molecule has 5 nitrogen and oxygen atoms in total. The number of hydrogen-bond donors (Lipinski definition) is 1. The summed E-state index contributed by atoms with van der Waals surface area (Å²) in [7, 11) is 0. The Balaban J connectivity index is 2.17. The number of rotatable bonds is 10. The Morgan fingerprint density at radius 3 is 2.33 bits per heavy atom. The number of ether oxygens (including phenoxy) is 3. The largest absolute Gasteiger partial charge is 0.494 e. The van der Waals surface area contributed by atoms with Gasteiger partial charge in [-0.05, 0) is 56.7 Å². The molecule has 1 N–H and O–H groups in total. The van der Waals surface area contributed by atoms with Crippen LogP contribution in [-0.4, -0.2) is 25.7 Å². The van der Waals surface area contributed by atoms with Crippen molar-refractivity contribution in [3.8, 4) is 17.2 Å². The molecule has 0 spiro atoms. The van der Waals surface area contributed by atoms with Crippen molar-refractivity contribution in [3.63, 3.8) is 0 Å². The number of unbranched alkanes of at least 4 members (excludes halogenated alkanes) is 1. The van der Waals surface area contributed by atoms with Crippen molar-refractivity contribution < 1.29 is 19.0 Å². The van der Waals surface area contributed by atoms with Crippen LogP contribution in [0.2, 0.25) is 5.02 Å². The SMILES string of the molecule is CCCCOc1c(Cl)cc(C(=O)Nc2ccc(OCC)cc2)cc1OCC. The monoisotopic (exact) mass is 391 g/mol. The number of anilines is 1. The Labute approximate surface area is 165 Å². The summed E-state index contributed by atoms with van der Waals surface area (Å²) in [6, 6.07) is 10.4. The lowest BCUT2D eigenvalue weighted by Crippen LogP contribution is -2.13. The number of hydrogen-bond acceptors (Lipinski definition) is 4. The molecule has 27 heavy (non-hydrogen) atoms. The molecular formula is C21H26ClNO4. The molecule has 0 atom stereocenters. The Morgan fingerprint density at radius 1 is 1.00 bits per heavy atom. The van der Waals surface area contributed by atoms with Crippen LogP contribution in [0, 0.1) is 0 Å². The predicted octanol–water partition coefficient (Wildman–Crippen LogP) is 5.57. The molecule has 0 heterocycles. The van der Waals surface area contributed by atoms with Crippen LogP contribution in [0.5, 0.6) is 17.2 Å². The average molecular weight is 392 g/mol. The molecule has 2 aromatic carbocycles. The highest BCUT2D eigenvalue weighted by molar-refractivity contribution is 6.32. The van der Waals surface area contributed by atoms with E-state index in [-0.39, 0.29) is 5.91 Å². The van der Waals surface area contributed by atoms with Gasteiger partial charge in [0.1, 0.15) is 5.75 Å². The maximum atomic E-state index is 12.6. The number of carbonyl (C=O) groups is 1. The molecule has 1 amide bonds. The van der Waals surface area contributed by atoms with Gasteiger partial charge in [-0.15, -0.1) is 0 Å². The van der Waals surface area contributed by atoms with E-state index in [1.54, 1.807) is 24.3 Å². The number of amides is 1. The zero-order chi connectivity index (χ0) is 19.6. The van der Waals surface area contributed by atoms with Crippen LogP contribution >= 0.6 is 11.6 Å². The van der Waals surface area contributed by atoms with Gasteiger partial charge in [0.15, 0.2) is 11.5 Å². The van der Waals surface area contributed by atoms with E-state index in [2.05, 4.69) is 12.2 Å². The first kappa shape index (κ1) is 20.9. The molecule has 2 rings (SSSR count). The fourth-order valence-electron chi connectivity index (χ4n) is 2.43. The molecule has 0 radical (unpaired) electrons. The first-order valence-electron chi connectivity index (χ1n) is 9.22. The van der Waals surface area contributed by atoms with Crippen LogP contribution < -0.4 is 19.5 Å². The molecule has 0 aromatic heterocycles. The van der Waals surface area contributed by atoms with Crippen molar-refractivity contribution in [1.29, 1.82) is 0 Å². The topological polar surface area (TPSA) is 56.8 Å². The zero-order valence-electron chi connectivity index (χ0n) is 16.0. The fourth-order valence-corrected chi connectivity index (χ4v) is 2.69. The number of benzene rings is 2. The third-order valence-electron chi connectivity index (χ3n) is 3.74. The fraction of sp³-hybridized carbons (Fsp3) is 0.381. The van der Waals surface area contributed by atoms with E-state index in [4.69, 9.17) is 25.8 Å². The third kappa shape index (κ3) is 6.07. The summed E-state index contributed by atoms with van der Waals surface area (Å²) < 4.78 is 16.8. The molecule has 0 aliphatic carbocycles. The van der Waals surface area contributed by atoms with E-state index in [0.29, 0.717) is 47.6 Å². The highest BCUT2D eigenvalue weighted by Gasteiger charge is 2.16. The Morgan fingerprint density at radius 2 is 1.70 bits per heavy atom. The standard InChI is InChI=1S/C21H26ClNO4/c1-4-7-12-27-20-18(22)13-15(14-19(20)26-6-3)21(24)23-16-8-10-17(11-9-16)25-5-2/h8-11,13-14H,4-7,12H2,1-3H3,(H,23,24). The van der Waals surface area contributed by atoms with Crippen LogP contribution in [0.4, 0.5) is 5.69 Å². The smallest absolute Gasteiger partial charge is 0.255 e. The highest BCUT2D eigenvalue weighted by atomic mass is 35.5. The average Bonchev–Trinajstić information content (AvgIpc) is 2.65. The minimum atomic E-state index is -0.276. The lowest BCUT2D eigenvalue weighted by molar-refractivity contribution is 0.102. The third-order valence-corrected chi connectivity index (χ3v) is 4.02. The minimum Gasteiger partial charge on any atom is -0.494 e. The molecule has 0 aliphatic rings. The minimum absolute atomic E-state index is 0.276. The molecule has 0 unspecified atom stereocenters. The molecule has 146 valence electrons. The lowest BCUT2D eigenvalue weighted by atomic mass is 10.1. The predicted molar refractivity (Wildman–Crippen MR) is 109 cm³/mol. The van der Waals surface area contributed by atoms with Crippen LogP contribution in [0.25, 0.3) is 0 Å². The summed E-state index contributed by atoms with van der Waals surface area (Å²) >= 11 is 6.35. The van der Waals surface area contributed by atoms with Gasteiger partial charge in [0, 0.05) is 11.3 Å². The van der Waals surface area contributed by atoms with Crippen LogP contribution in [0.3, 0.4) is 0 Å². The van der Waals surface area contributed by atoms with Crippen molar-refractivity contribution in [2.24, 2.45) is 0 Å². The van der Waals surface area contributed by atoms with Gasteiger partial charge in [-0.1, -0.05) is 24.9 Å². The quantitative estimate of drug-likeness (QED) is 0.538. The van der Waals surface area contributed by atoms with Crippen LogP contribution in [0.1, 0.15) is 44.0 Å². The zero-order valence-corrected chi connectivity index (χ0v) is 16.8. The van der Waals surface area contributed by atoms with Crippen LogP contribution in [-0.2, 0) is 0 Å². The normalized spacial score (nSPS) is 10.4. The molecule has 0 saturated carbocycles. The van der Waals surface area contributed by atoms with Crippen molar-refractivity contribution in [1.82, 2.24) is 0 Å². The summed E-state index contributed by atoms with van der Waals surface area (Å²) in [4.78, 5) is 12.6. The first-order valence-corrected chi connectivity index (χ1v) is 9.60. The van der Waals surface area contributed by atoms with E-state index in [9.17, 15) is 4.79 Å². The molecule has 2 aromatic rings. The number of halogens is 1. The van der Waals surface area contributed by atoms with E-state index in [1.165, 1.54) is 0 Å². The maximum Gasteiger partial charge on any atom is 0.255 e. The van der Waals surface area contributed by atoms with Crippen molar-refractivity contribution in [2.75, 3.05) is 25.1 Å². The Hall–Kier alpha value is -2.40. The number of carbonyl (C=O) groups excluding carboxylic acids is 1. The summed E-state index contributed by atoms with van der Waals surface area (Å²) in [5, 5.41) is 3.20. The van der Waals surface area contributed by atoms with Crippen LogP contribution in [0.15, 0.2) is 36.4 Å². The molecule has 0 aliphatic heterocycles. The van der Waals surface area contributed by atoms with Gasteiger partial charge < -0.3 is 19.5 Å². The second-order valence-electron chi connectivity index (χ2n) is 5.83. The molecule has 0 fully saturated rings. The number of nitrogens with one attached hydrogen (secondary N) is 1. The molecule has 0 bridgehead atoms. The molecule has 0 saturated heterocycles. The molecular weight excluding hydrogens is 366 g/mol. The van der Waals surface area contributed by atoms with Gasteiger partial charge in [0.25, 0.3) is 5.91 Å². The van der Waals surface area contributed by atoms with Gasteiger partial charge in [-0.25, -0.2) is 0 Å². The van der Waals surface area contributed by atoms with Crippen molar-refractivity contribution in [2.45, 2.75) is 33.6 Å². The molecule has 6 heteroatoms. The van der Waals surface area contributed by atoms with Gasteiger partial charge in [-0.3, -0.25) is 4.79 Å². The van der Waals surface area contributed by atoms with Gasteiger partial charge in [0.05, 0.1) is 24.8 Å². The highest BCUT2D eigenvalue weighted by Crippen LogP contribution is 2.37. The van der Waals surface area contributed by atoms with E-state index < -0.39 is 0 Å². The lowest BCUT2D eigenvalue weighted by Gasteiger charge is -2.15. The summed E-state index contributed by atoms with van der Waals surface area (Å²) in [6.07, 6.45) is 1.94.